The van der Waals surface area contributed by atoms with Crippen molar-refractivity contribution in [1.82, 2.24) is 0 Å². The number of thiocarbonyl (C=S) groups is 1. The molecule has 0 aliphatic heterocycles. The van der Waals surface area contributed by atoms with Crippen molar-refractivity contribution in [2.75, 3.05) is 0 Å². The van der Waals surface area contributed by atoms with Gasteiger partial charge in [-0.3, -0.25) is 0 Å². The van der Waals surface area contributed by atoms with E-state index in [1.165, 1.54) is 0 Å². The van der Waals surface area contributed by atoms with E-state index in [1.54, 1.807) is 0 Å². The number of rotatable bonds is 0. The average Bonchev–Trinajstić information content (AvgIpc) is 1.25. The third kappa shape index (κ3) is 203. The topological polar surface area (TPSA) is 52.0 Å². The van der Waals surface area contributed by atoms with Gasteiger partial charge in [0.1, 0.15) is 0 Å². The molecule has 4 N–H and O–H groups in total. The monoisotopic (exact) mass is 245 g/mol. The van der Waals surface area contributed by atoms with E-state index in [0.29, 0.717) is 0 Å². The average molecular weight is 246 g/mol. The van der Waals surface area contributed by atoms with E-state index in [-0.39, 0.29) is 25.4 Å². The van der Waals surface area contributed by atoms with Crippen LogP contribution in [0.1, 0.15) is 1.43 Å². The number of nitrogens with two attached hydrogens (primary N) is 2. The van der Waals surface area contributed by atoms with E-state index in [9.17, 15) is 0 Å². The molecule has 0 saturated heterocycles. The van der Waals surface area contributed by atoms with Crippen molar-refractivity contribution in [3.05, 3.63) is 0 Å². The first-order valence-corrected chi connectivity index (χ1v) is 6.15. The Hall–Kier alpha value is 1.68. The fourth-order valence-corrected chi connectivity index (χ4v) is 0. The van der Waals surface area contributed by atoms with Crippen LogP contribution in [-0.4, -0.2) is 5.11 Å². The van der Waals surface area contributed by atoms with Gasteiger partial charge in [0.25, 0.3) is 0 Å². The molecule has 0 aliphatic rings. The first-order chi connectivity index (χ1) is 3.46. The summed E-state index contributed by atoms with van der Waals surface area (Å²) in [5.74, 6) is 0. The molecule has 0 fully saturated rings. The third-order valence-corrected chi connectivity index (χ3v) is 0. The summed E-state index contributed by atoms with van der Waals surface area (Å²) in [6, 6.07) is 0. The Balaban J connectivity index is -0.0000000300. The zero-order valence-electron chi connectivity index (χ0n) is 5.55. The summed E-state index contributed by atoms with van der Waals surface area (Å²) in [6.07, 6.45) is 0. The van der Waals surface area contributed by atoms with Crippen molar-refractivity contribution in [3.8, 4) is 0 Å². The Morgan fingerprint density at radius 2 is 1.33 bits per heavy atom. The molecule has 0 aliphatic carbocycles. The maximum atomic E-state index is 4.89. The van der Waals surface area contributed by atoms with Gasteiger partial charge in [-0.15, -0.1) is 0 Å². The predicted octanol–water partition coefficient (Wildman–Crippen LogP) is -1.63. The summed E-state index contributed by atoms with van der Waals surface area (Å²) in [5, 5.41) is 0.000000000000000222. The predicted molar refractivity (Wildman–Crippen MR) is 39.6 cm³/mol. The minimum Gasteiger partial charge on any atom is -1.00 e. The molecule has 0 radical (unpaired) electrons. The molecule has 0 saturated carbocycles. The molecule has 0 aromatic heterocycles. The van der Waals surface area contributed by atoms with E-state index < -0.39 is 11.2 Å². The molecular formula is CH5Cl3FeLiN2S. The molecular weight excluding hydrogens is 241 g/mol. The van der Waals surface area contributed by atoms with Gasteiger partial charge in [-0.2, -0.15) is 0 Å². The molecule has 0 aromatic rings. The molecule has 0 spiro atoms. The van der Waals surface area contributed by atoms with Crippen molar-refractivity contribution in [3.63, 3.8) is 0 Å². The Bertz CT molecular complexity index is 70.8. The number of hydrogen-bond donors (Lipinski definition) is 2. The molecule has 9 heavy (non-hydrogen) atoms. The van der Waals surface area contributed by atoms with Crippen molar-refractivity contribution < 1.29 is 31.5 Å². The van der Waals surface area contributed by atoms with Crippen LogP contribution in [-0.2, 0) is 11.2 Å². The van der Waals surface area contributed by atoms with Crippen LogP contribution in [0.3, 0.4) is 0 Å². The number of halogens is 3. The maximum Gasteiger partial charge on any atom is 1.00 e. The van der Waals surface area contributed by atoms with E-state index in [1.807, 2.05) is 0 Å². The van der Waals surface area contributed by atoms with E-state index in [4.69, 9.17) is 30.3 Å². The van der Waals surface area contributed by atoms with Gasteiger partial charge in [-0.25, -0.2) is 0 Å². The van der Waals surface area contributed by atoms with E-state index in [0.717, 1.165) is 0 Å². The largest absolute Gasteiger partial charge is 1.00 e. The summed E-state index contributed by atoms with van der Waals surface area (Å²) in [5.41, 5.74) is 9.24. The maximum absolute atomic E-state index is 4.89. The summed E-state index contributed by atoms with van der Waals surface area (Å²) >= 11 is 2.76. The molecule has 0 rings (SSSR count). The van der Waals surface area contributed by atoms with Crippen LogP contribution in [0, 0.1) is 0 Å². The Morgan fingerprint density at radius 3 is 1.33 bits per heavy atom. The fourth-order valence-electron chi connectivity index (χ4n) is 0. The Morgan fingerprint density at radius 1 is 1.33 bits per heavy atom. The molecule has 0 heterocycles. The van der Waals surface area contributed by atoms with Gasteiger partial charge in [0.15, 0.2) is 5.11 Å². The zero-order chi connectivity index (χ0) is 7.15. The van der Waals surface area contributed by atoms with Crippen LogP contribution in [0.2, 0.25) is 0 Å². The molecule has 0 bridgehead atoms. The van der Waals surface area contributed by atoms with Crippen LogP contribution in [0.15, 0.2) is 0 Å². The van der Waals surface area contributed by atoms with Gasteiger partial charge in [-0.05, 0) is 12.2 Å². The summed E-state index contributed by atoms with van der Waals surface area (Å²) < 4.78 is 0. The molecule has 0 amide bonds. The van der Waals surface area contributed by atoms with Crippen LogP contribution < -0.4 is 30.3 Å². The normalized spacial score (nSPS) is 7.67. The molecule has 2 nitrogen and oxygen atoms in total. The molecule has 0 atom stereocenters. The molecule has 0 unspecified atom stereocenters. The third-order valence-electron chi connectivity index (χ3n) is 0. The second-order valence-corrected chi connectivity index (χ2v) is 6.50. The SMILES string of the molecule is NC(N)=S.[Cl][Fe]([Cl])[Cl].[H-].[Li+]. The van der Waals surface area contributed by atoms with Crippen molar-refractivity contribution >= 4 is 47.6 Å². The minimum absolute atomic E-state index is 0. The van der Waals surface area contributed by atoms with Crippen LogP contribution in [0.4, 0.5) is 0 Å². The quantitative estimate of drug-likeness (QED) is 0.399. The molecule has 8 heteroatoms. The van der Waals surface area contributed by atoms with E-state index >= 15 is 0 Å². The summed E-state index contributed by atoms with van der Waals surface area (Å²) in [6.45, 7) is 0. The number of hydrogen-bond acceptors (Lipinski definition) is 1. The van der Waals surface area contributed by atoms with Crippen LogP contribution >= 0.6 is 42.5 Å². The van der Waals surface area contributed by atoms with Crippen molar-refractivity contribution in [1.29, 1.82) is 0 Å². The van der Waals surface area contributed by atoms with Crippen molar-refractivity contribution in [2.45, 2.75) is 0 Å². The van der Waals surface area contributed by atoms with Gasteiger partial charge >= 0.3 is 60.3 Å². The fraction of sp³-hybridized carbons (Fsp3) is 0. The standard InChI is InChI=1S/CH4N2S.3ClH.Fe.Li.H/c2-1(3)4;;;;;;/h(H4,2,3,4);3*1H;;;/q;;;;+3;+1;-1/p-3. The first-order valence-electron chi connectivity index (χ1n) is 1.18. The first kappa shape index (κ1) is 17.0. The van der Waals surface area contributed by atoms with E-state index in [2.05, 4.69) is 23.7 Å². The molecule has 55 valence electrons. The summed E-state index contributed by atoms with van der Waals surface area (Å²) in [4.78, 5) is 0. The van der Waals surface area contributed by atoms with Gasteiger partial charge < -0.3 is 12.9 Å². The zero-order valence-corrected chi connectivity index (χ0v) is 8.74. The Kier molecular flexibility index (Phi) is 23.3. The van der Waals surface area contributed by atoms with Crippen molar-refractivity contribution in [2.24, 2.45) is 11.5 Å². The van der Waals surface area contributed by atoms with Gasteiger partial charge in [-0.1, -0.05) is 0 Å². The van der Waals surface area contributed by atoms with Gasteiger partial charge in [0.2, 0.25) is 0 Å². The van der Waals surface area contributed by atoms with Gasteiger partial charge in [0, 0.05) is 0 Å². The second kappa shape index (κ2) is 12.4. The second-order valence-electron chi connectivity index (χ2n) is 0.554. The molecule has 0 aromatic carbocycles. The van der Waals surface area contributed by atoms with Gasteiger partial charge in [0.05, 0.1) is 0 Å². The summed E-state index contributed by atoms with van der Waals surface area (Å²) in [7, 11) is 14.7. The van der Waals surface area contributed by atoms with Crippen LogP contribution in [0.5, 0.6) is 0 Å². The Labute approximate surface area is 89.8 Å². The minimum atomic E-state index is -1.33. The smallest absolute Gasteiger partial charge is 1.00 e. The van der Waals surface area contributed by atoms with Crippen LogP contribution in [0.25, 0.3) is 0 Å².